The highest BCUT2D eigenvalue weighted by Gasteiger charge is 2.07. The van der Waals surface area contributed by atoms with Crippen molar-refractivity contribution in [2.45, 2.75) is 33.2 Å². The monoisotopic (exact) mass is 355 g/mol. The number of aryl methyl sites for hydroxylation is 1. The highest BCUT2D eigenvalue weighted by molar-refractivity contribution is 7.15. The van der Waals surface area contributed by atoms with E-state index in [1.165, 1.54) is 11.1 Å². The van der Waals surface area contributed by atoms with Crippen molar-refractivity contribution in [3.63, 3.8) is 0 Å². The zero-order valence-electron chi connectivity index (χ0n) is 15.0. The predicted octanol–water partition coefficient (Wildman–Crippen LogP) is 3.56. The van der Waals surface area contributed by atoms with Crippen LogP contribution < -0.4 is 10.6 Å². The molecule has 0 aliphatic heterocycles. The van der Waals surface area contributed by atoms with E-state index < -0.39 is 0 Å². The number of hydrogen-bond acceptors (Lipinski definition) is 3. The van der Waals surface area contributed by atoms with Crippen LogP contribution in [0, 0.1) is 6.92 Å². The molecule has 3 rings (SSSR count). The SMILES string of the molecule is CCNC(=NCc1cn2ccsc2n1)NCC(C)c1ccc(C)cc1. The Hall–Kier alpha value is -2.34. The van der Waals surface area contributed by atoms with Gasteiger partial charge < -0.3 is 10.6 Å². The fourth-order valence-electron chi connectivity index (χ4n) is 2.62. The first-order chi connectivity index (χ1) is 12.2. The Morgan fingerprint density at radius 3 is 2.80 bits per heavy atom. The van der Waals surface area contributed by atoms with Gasteiger partial charge in [0.2, 0.25) is 0 Å². The molecule has 2 aromatic heterocycles. The van der Waals surface area contributed by atoms with Gasteiger partial charge >= 0.3 is 0 Å². The first kappa shape index (κ1) is 17.5. The maximum atomic E-state index is 4.66. The van der Waals surface area contributed by atoms with Crippen LogP contribution in [0.25, 0.3) is 4.96 Å². The van der Waals surface area contributed by atoms with E-state index in [-0.39, 0.29) is 0 Å². The minimum atomic E-state index is 0.419. The molecule has 0 bridgehead atoms. The molecule has 0 aliphatic carbocycles. The fraction of sp³-hybridized carbons (Fsp3) is 0.368. The summed E-state index contributed by atoms with van der Waals surface area (Å²) >= 11 is 1.64. The smallest absolute Gasteiger partial charge is 0.193 e. The van der Waals surface area contributed by atoms with Gasteiger partial charge in [-0.25, -0.2) is 9.98 Å². The van der Waals surface area contributed by atoms with E-state index >= 15 is 0 Å². The fourth-order valence-corrected chi connectivity index (χ4v) is 3.34. The Morgan fingerprint density at radius 2 is 2.08 bits per heavy atom. The van der Waals surface area contributed by atoms with Gasteiger partial charge in [-0.15, -0.1) is 11.3 Å². The highest BCUT2D eigenvalue weighted by atomic mass is 32.1. The number of aliphatic imine (C=N–C) groups is 1. The van der Waals surface area contributed by atoms with Crippen LogP contribution >= 0.6 is 11.3 Å². The molecule has 5 nitrogen and oxygen atoms in total. The Kier molecular flexibility index (Phi) is 5.71. The average Bonchev–Trinajstić information content (AvgIpc) is 3.19. The maximum absolute atomic E-state index is 4.66. The van der Waals surface area contributed by atoms with E-state index in [1.54, 1.807) is 11.3 Å². The summed E-state index contributed by atoms with van der Waals surface area (Å²) in [5.74, 6) is 1.25. The van der Waals surface area contributed by atoms with Crippen LogP contribution in [0.2, 0.25) is 0 Å². The number of rotatable bonds is 6. The third kappa shape index (κ3) is 4.60. The number of aromatic nitrogens is 2. The van der Waals surface area contributed by atoms with Crippen molar-refractivity contribution in [1.29, 1.82) is 0 Å². The molecular weight excluding hydrogens is 330 g/mol. The van der Waals surface area contributed by atoms with Gasteiger partial charge in [-0.05, 0) is 25.3 Å². The largest absolute Gasteiger partial charge is 0.357 e. The normalized spacial score (nSPS) is 13.2. The second kappa shape index (κ2) is 8.16. The minimum Gasteiger partial charge on any atom is -0.357 e. The lowest BCUT2D eigenvalue weighted by atomic mass is 10.0. The third-order valence-electron chi connectivity index (χ3n) is 4.11. The van der Waals surface area contributed by atoms with Crippen LogP contribution in [0.1, 0.15) is 36.6 Å². The van der Waals surface area contributed by atoms with Crippen LogP contribution in [0.15, 0.2) is 47.0 Å². The number of nitrogens with zero attached hydrogens (tertiary/aromatic N) is 3. The second-order valence-electron chi connectivity index (χ2n) is 6.21. The predicted molar refractivity (Wildman–Crippen MR) is 105 cm³/mol. The van der Waals surface area contributed by atoms with Crippen LogP contribution in [-0.4, -0.2) is 28.4 Å². The van der Waals surface area contributed by atoms with E-state index in [1.807, 2.05) is 22.2 Å². The van der Waals surface area contributed by atoms with Crippen molar-refractivity contribution in [2.24, 2.45) is 4.99 Å². The van der Waals surface area contributed by atoms with Gasteiger partial charge in [0.25, 0.3) is 0 Å². The summed E-state index contributed by atoms with van der Waals surface area (Å²) in [5.41, 5.74) is 3.61. The molecule has 132 valence electrons. The summed E-state index contributed by atoms with van der Waals surface area (Å²) in [7, 11) is 0. The zero-order chi connectivity index (χ0) is 17.6. The number of thiazole rings is 1. The summed E-state index contributed by atoms with van der Waals surface area (Å²) in [6.07, 6.45) is 4.06. The van der Waals surface area contributed by atoms with Crippen molar-refractivity contribution in [3.05, 3.63) is 58.9 Å². The zero-order valence-corrected chi connectivity index (χ0v) is 15.8. The van der Waals surface area contributed by atoms with Crippen LogP contribution in [0.3, 0.4) is 0 Å². The highest BCUT2D eigenvalue weighted by Crippen LogP contribution is 2.15. The van der Waals surface area contributed by atoms with Crippen molar-refractivity contribution in [2.75, 3.05) is 13.1 Å². The molecule has 1 atom stereocenters. The molecule has 2 heterocycles. The molecule has 1 aromatic carbocycles. The van der Waals surface area contributed by atoms with Crippen molar-refractivity contribution in [3.8, 4) is 0 Å². The van der Waals surface area contributed by atoms with E-state index in [4.69, 9.17) is 0 Å². The number of imidazole rings is 1. The molecular formula is C19H25N5S. The quantitative estimate of drug-likeness (QED) is 0.525. The van der Waals surface area contributed by atoms with Gasteiger partial charge in [0.15, 0.2) is 10.9 Å². The van der Waals surface area contributed by atoms with Gasteiger partial charge in [-0.2, -0.15) is 0 Å². The lowest BCUT2D eigenvalue weighted by molar-refractivity contribution is 0.699. The lowest BCUT2D eigenvalue weighted by Crippen LogP contribution is -2.39. The Morgan fingerprint density at radius 1 is 1.28 bits per heavy atom. The molecule has 0 saturated heterocycles. The Balaban J connectivity index is 1.59. The molecule has 0 fully saturated rings. The number of hydrogen-bond donors (Lipinski definition) is 2. The molecule has 2 N–H and O–H groups in total. The second-order valence-corrected chi connectivity index (χ2v) is 7.09. The first-order valence-corrected chi connectivity index (χ1v) is 9.53. The Bertz CT molecular complexity index is 803. The van der Waals surface area contributed by atoms with Crippen molar-refractivity contribution < 1.29 is 0 Å². The van der Waals surface area contributed by atoms with Gasteiger partial charge in [0.1, 0.15) is 0 Å². The first-order valence-electron chi connectivity index (χ1n) is 8.65. The van der Waals surface area contributed by atoms with E-state index in [2.05, 4.69) is 65.6 Å². The number of benzene rings is 1. The lowest BCUT2D eigenvalue weighted by Gasteiger charge is -2.16. The van der Waals surface area contributed by atoms with E-state index in [0.29, 0.717) is 12.5 Å². The molecule has 0 radical (unpaired) electrons. The molecule has 0 spiro atoms. The van der Waals surface area contributed by atoms with Gasteiger partial charge in [-0.3, -0.25) is 4.40 Å². The topological polar surface area (TPSA) is 53.7 Å². The molecule has 25 heavy (non-hydrogen) atoms. The summed E-state index contributed by atoms with van der Waals surface area (Å²) in [6, 6.07) is 8.72. The van der Waals surface area contributed by atoms with E-state index in [0.717, 1.165) is 29.7 Å². The average molecular weight is 356 g/mol. The van der Waals surface area contributed by atoms with Gasteiger partial charge in [0.05, 0.1) is 12.2 Å². The summed E-state index contributed by atoms with van der Waals surface area (Å²) in [5, 5.41) is 8.78. The van der Waals surface area contributed by atoms with Crippen LogP contribution in [-0.2, 0) is 6.54 Å². The summed E-state index contributed by atoms with van der Waals surface area (Å²) in [6.45, 7) is 8.67. The van der Waals surface area contributed by atoms with Crippen molar-refractivity contribution >= 4 is 22.3 Å². The summed E-state index contributed by atoms with van der Waals surface area (Å²) in [4.78, 5) is 10.2. The van der Waals surface area contributed by atoms with Crippen LogP contribution in [0.4, 0.5) is 0 Å². The van der Waals surface area contributed by atoms with Gasteiger partial charge in [0, 0.05) is 30.9 Å². The minimum absolute atomic E-state index is 0.419. The molecule has 6 heteroatoms. The third-order valence-corrected chi connectivity index (χ3v) is 4.88. The molecule has 0 amide bonds. The number of fused-ring (bicyclic) bond motifs is 1. The summed E-state index contributed by atoms with van der Waals surface area (Å²) < 4.78 is 2.04. The number of nitrogens with one attached hydrogen (secondary N) is 2. The molecule has 1 unspecified atom stereocenters. The molecule has 0 saturated carbocycles. The molecule has 3 aromatic rings. The van der Waals surface area contributed by atoms with Crippen LogP contribution in [0.5, 0.6) is 0 Å². The molecule has 0 aliphatic rings. The van der Waals surface area contributed by atoms with E-state index in [9.17, 15) is 0 Å². The number of guanidine groups is 1. The maximum Gasteiger partial charge on any atom is 0.193 e. The van der Waals surface area contributed by atoms with Gasteiger partial charge in [-0.1, -0.05) is 36.8 Å². The van der Waals surface area contributed by atoms with Crippen molar-refractivity contribution in [1.82, 2.24) is 20.0 Å². The Labute approximate surface area is 152 Å². The standard InChI is InChI=1S/C19H25N5S/c1-4-20-18(21-11-15(3)16-7-5-14(2)6-8-16)22-12-17-13-24-9-10-25-19(24)23-17/h5-10,13,15H,4,11-12H2,1-3H3,(H2,20,21,22).